The molecule has 0 aliphatic carbocycles. The molecule has 0 atom stereocenters. The highest BCUT2D eigenvalue weighted by molar-refractivity contribution is 5.92. The lowest BCUT2D eigenvalue weighted by Gasteiger charge is -1.99. The van der Waals surface area contributed by atoms with Gasteiger partial charge in [-0.3, -0.25) is 0 Å². The average molecular weight is 212 g/mol. The van der Waals surface area contributed by atoms with Crippen molar-refractivity contribution >= 4 is 12.0 Å². The standard InChI is InChI=1S/C8H8O3.CH4N2O/c1-11-8(10)6-4-2-3-5-7(6)9;2-1(3)4/h2-5,9H,1H3;(H4,2,3,4). The van der Waals surface area contributed by atoms with Crippen LogP contribution in [0.3, 0.4) is 0 Å². The first-order valence-electron chi connectivity index (χ1n) is 3.90. The van der Waals surface area contributed by atoms with Crippen LogP contribution in [0.4, 0.5) is 4.79 Å². The molecular weight excluding hydrogens is 200 g/mol. The van der Waals surface area contributed by atoms with Crippen LogP contribution in [0, 0.1) is 0 Å². The number of ether oxygens (including phenoxy) is 1. The molecular formula is C9H12N2O4. The van der Waals surface area contributed by atoms with Gasteiger partial charge in [0, 0.05) is 0 Å². The topological polar surface area (TPSA) is 116 Å². The Morgan fingerprint density at radius 3 is 2.13 bits per heavy atom. The molecule has 0 bridgehead atoms. The summed E-state index contributed by atoms with van der Waals surface area (Å²) in [5, 5.41) is 9.11. The lowest BCUT2D eigenvalue weighted by molar-refractivity contribution is 0.0597. The van der Waals surface area contributed by atoms with Crippen molar-refractivity contribution < 1.29 is 19.4 Å². The van der Waals surface area contributed by atoms with Gasteiger partial charge in [0.2, 0.25) is 0 Å². The van der Waals surface area contributed by atoms with E-state index in [2.05, 4.69) is 16.2 Å². The molecule has 15 heavy (non-hydrogen) atoms. The van der Waals surface area contributed by atoms with Crippen molar-refractivity contribution in [3.63, 3.8) is 0 Å². The molecule has 6 heteroatoms. The maximum atomic E-state index is 10.9. The zero-order valence-corrected chi connectivity index (χ0v) is 8.14. The molecule has 0 fully saturated rings. The molecule has 0 saturated heterocycles. The van der Waals surface area contributed by atoms with Crippen LogP contribution in [0.15, 0.2) is 24.3 Å². The summed E-state index contributed by atoms with van der Waals surface area (Å²) < 4.78 is 4.42. The minimum Gasteiger partial charge on any atom is -0.507 e. The summed E-state index contributed by atoms with van der Waals surface area (Å²) in [6.07, 6.45) is 0. The summed E-state index contributed by atoms with van der Waals surface area (Å²) in [7, 11) is 1.27. The van der Waals surface area contributed by atoms with Crippen molar-refractivity contribution in [3.05, 3.63) is 29.8 Å². The van der Waals surface area contributed by atoms with E-state index in [1.54, 1.807) is 12.1 Å². The number of carbonyl (C=O) groups is 2. The number of urea groups is 1. The van der Waals surface area contributed by atoms with Crippen LogP contribution < -0.4 is 11.5 Å². The predicted octanol–water partition coefficient (Wildman–Crippen LogP) is 0.203. The Hall–Kier alpha value is -2.24. The van der Waals surface area contributed by atoms with Crippen LogP contribution >= 0.6 is 0 Å². The number of primary amides is 2. The Morgan fingerprint density at radius 2 is 1.73 bits per heavy atom. The van der Waals surface area contributed by atoms with Gasteiger partial charge in [-0.15, -0.1) is 0 Å². The summed E-state index contributed by atoms with van der Waals surface area (Å²) in [6.45, 7) is 0. The number of aromatic hydroxyl groups is 1. The third kappa shape index (κ3) is 5.14. The molecule has 0 aliphatic rings. The summed E-state index contributed by atoms with van der Waals surface area (Å²) in [5.74, 6) is -0.581. The maximum Gasteiger partial charge on any atom is 0.341 e. The SMILES string of the molecule is COC(=O)c1ccccc1O.NC(N)=O. The molecule has 6 nitrogen and oxygen atoms in total. The van der Waals surface area contributed by atoms with Gasteiger partial charge in [-0.25, -0.2) is 9.59 Å². The Balaban J connectivity index is 0.000000423. The van der Waals surface area contributed by atoms with Gasteiger partial charge in [0.1, 0.15) is 11.3 Å². The molecule has 0 spiro atoms. The Bertz CT molecular complexity index is 348. The monoisotopic (exact) mass is 212 g/mol. The molecule has 0 saturated carbocycles. The number of esters is 1. The number of rotatable bonds is 1. The molecule has 2 amide bonds. The molecule has 0 aliphatic heterocycles. The Labute approximate surface area is 86.4 Å². The Kier molecular flexibility index (Phi) is 5.32. The fraction of sp³-hybridized carbons (Fsp3) is 0.111. The molecule has 82 valence electrons. The van der Waals surface area contributed by atoms with Crippen molar-refractivity contribution in [3.8, 4) is 5.75 Å². The molecule has 1 aromatic rings. The maximum absolute atomic E-state index is 10.9. The largest absolute Gasteiger partial charge is 0.507 e. The van der Waals surface area contributed by atoms with E-state index >= 15 is 0 Å². The van der Waals surface area contributed by atoms with Gasteiger partial charge in [-0.2, -0.15) is 0 Å². The zero-order valence-electron chi connectivity index (χ0n) is 8.14. The van der Waals surface area contributed by atoms with E-state index in [9.17, 15) is 4.79 Å². The number of benzene rings is 1. The first kappa shape index (κ1) is 12.8. The minimum absolute atomic E-state index is 0.0562. The van der Waals surface area contributed by atoms with E-state index < -0.39 is 12.0 Å². The van der Waals surface area contributed by atoms with E-state index in [1.165, 1.54) is 19.2 Å². The number of hydrogen-bond acceptors (Lipinski definition) is 4. The highest BCUT2D eigenvalue weighted by Crippen LogP contribution is 2.15. The second-order valence-corrected chi connectivity index (χ2v) is 2.41. The van der Waals surface area contributed by atoms with Gasteiger partial charge in [-0.1, -0.05) is 12.1 Å². The second-order valence-electron chi connectivity index (χ2n) is 2.41. The minimum atomic E-state index is -0.833. The second kappa shape index (κ2) is 6.25. The van der Waals surface area contributed by atoms with Crippen LogP contribution in [0.2, 0.25) is 0 Å². The first-order chi connectivity index (χ1) is 6.99. The molecule has 0 aromatic heterocycles. The van der Waals surface area contributed by atoms with Crippen molar-refractivity contribution in [1.29, 1.82) is 0 Å². The Morgan fingerprint density at radius 1 is 1.27 bits per heavy atom. The first-order valence-corrected chi connectivity index (χ1v) is 3.90. The predicted molar refractivity (Wildman–Crippen MR) is 53.2 cm³/mol. The number of phenols is 1. The summed E-state index contributed by atoms with van der Waals surface area (Å²) in [4.78, 5) is 19.9. The van der Waals surface area contributed by atoms with Crippen molar-refractivity contribution in [1.82, 2.24) is 0 Å². The highest BCUT2D eigenvalue weighted by Gasteiger charge is 2.08. The van der Waals surface area contributed by atoms with E-state index in [1.807, 2.05) is 0 Å². The third-order valence-electron chi connectivity index (χ3n) is 1.31. The average Bonchev–Trinajstić information content (AvgIpc) is 2.16. The van der Waals surface area contributed by atoms with E-state index in [0.717, 1.165) is 0 Å². The van der Waals surface area contributed by atoms with Gasteiger partial charge in [0.15, 0.2) is 0 Å². The molecule has 1 rings (SSSR count). The summed E-state index contributed by atoms with van der Waals surface area (Å²) in [5.41, 5.74) is 8.69. The number of amides is 2. The normalized spacial score (nSPS) is 8.33. The van der Waals surface area contributed by atoms with Gasteiger partial charge >= 0.3 is 12.0 Å². The van der Waals surface area contributed by atoms with Crippen LogP contribution in [0.1, 0.15) is 10.4 Å². The number of para-hydroxylation sites is 1. The van der Waals surface area contributed by atoms with E-state index in [4.69, 9.17) is 9.90 Å². The highest BCUT2D eigenvalue weighted by atomic mass is 16.5. The summed E-state index contributed by atoms with van der Waals surface area (Å²) >= 11 is 0. The van der Waals surface area contributed by atoms with Crippen molar-refractivity contribution in [2.24, 2.45) is 11.5 Å². The van der Waals surface area contributed by atoms with Gasteiger partial charge in [0.25, 0.3) is 0 Å². The summed E-state index contributed by atoms with van der Waals surface area (Å²) in [6, 6.07) is 5.40. The number of methoxy groups -OCH3 is 1. The van der Waals surface area contributed by atoms with Crippen molar-refractivity contribution in [2.75, 3.05) is 7.11 Å². The molecule has 0 heterocycles. The molecule has 1 aromatic carbocycles. The molecule has 0 unspecified atom stereocenters. The quantitative estimate of drug-likeness (QED) is 0.576. The number of hydrogen-bond donors (Lipinski definition) is 3. The number of nitrogens with two attached hydrogens (primary N) is 2. The van der Waals surface area contributed by atoms with Crippen LogP contribution in [-0.2, 0) is 4.74 Å². The number of phenolic OH excluding ortho intramolecular Hbond substituents is 1. The van der Waals surface area contributed by atoms with Gasteiger partial charge in [-0.05, 0) is 12.1 Å². The fourth-order valence-corrected chi connectivity index (χ4v) is 0.756. The van der Waals surface area contributed by atoms with Crippen LogP contribution in [0.25, 0.3) is 0 Å². The van der Waals surface area contributed by atoms with Crippen LogP contribution in [0.5, 0.6) is 5.75 Å². The van der Waals surface area contributed by atoms with Crippen LogP contribution in [-0.4, -0.2) is 24.2 Å². The van der Waals surface area contributed by atoms with E-state index in [0.29, 0.717) is 0 Å². The molecule has 0 radical (unpaired) electrons. The number of carbonyl (C=O) groups excluding carboxylic acids is 2. The smallest absolute Gasteiger partial charge is 0.341 e. The zero-order chi connectivity index (χ0) is 11.8. The van der Waals surface area contributed by atoms with Gasteiger partial charge < -0.3 is 21.3 Å². The lowest BCUT2D eigenvalue weighted by Crippen LogP contribution is -2.18. The van der Waals surface area contributed by atoms with E-state index in [-0.39, 0.29) is 11.3 Å². The van der Waals surface area contributed by atoms with Gasteiger partial charge in [0.05, 0.1) is 7.11 Å². The lowest BCUT2D eigenvalue weighted by atomic mass is 10.2. The third-order valence-corrected chi connectivity index (χ3v) is 1.31. The van der Waals surface area contributed by atoms with Crippen molar-refractivity contribution in [2.45, 2.75) is 0 Å². The molecule has 5 N–H and O–H groups in total. The fourth-order valence-electron chi connectivity index (χ4n) is 0.756.